The van der Waals surface area contributed by atoms with E-state index >= 15 is 0 Å². The van der Waals surface area contributed by atoms with Crippen molar-refractivity contribution in [3.8, 4) is 0 Å². The van der Waals surface area contributed by atoms with Gasteiger partial charge in [-0.2, -0.15) is 13.2 Å². The average Bonchev–Trinajstić information content (AvgIpc) is 2.59. The fraction of sp³-hybridized carbons (Fsp3) is 0.889. The second kappa shape index (κ2) is 5.27. The maximum Gasteiger partial charge on any atom is 0.441 e. The van der Waals surface area contributed by atoms with Gasteiger partial charge in [0.05, 0.1) is 5.54 Å². The van der Waals surface area contributed by atoms with Gasteiger partial charge in [0, 0.05) is 12.3 Å². The maximum atomic E-state index is 11.8. The van der Waals surface area contributed by atoms with Gasteiger partial charge in [0.15, 0.2) is 0 Å². The van der Waals surface area contributed by atoms with Crippen LogP contribution < -0.4 is 10.6 Å². The Bertz CT molecular complexity index is 252. The van der Waals surface area contributed by atoms with Gasteiger partial charge in [-0.05, 0) is 38.1 Å². The molecule has 0 aromatic carbocycles. The fourth-order valence-electron chi connectivity index (χ4n) is 1.61. The molecule has 0 spiro atoms. The van der Waals surface area contributed by atoms with E-state index in [0.717, 1.165) is 19.4 Å². The molecule has 1 fully saturated rings. The SMILES string of the molecule is CC1(C(=O)NCCSC(F)(F)F)CCCN1. The van der Waals surface area contributed by atoms with Gasteiger partial charge in [-0.15, -0.1) is 0 Å². The molecule has 94 valence electrons. The molecule has 1 unspecified atom stereocenters. The lowest BCUT2D eigenvalue weighted by molar-refractivity contribution is -0.126. The van der Waals surface area contributed by atoms with Crippen molar-refractivity contribution in [2.45, 2.75) is 30.8 Å². The zero-order chi connectivity index (χ0) is 12.2. The van der Waals surface area contributed by atoms with Crippen LogP contribution in [-0.2, 0) is 4.79 Å². The van der Waals surface area contributed by atoms with E-state index in [1.165, 1.54) is 0 Å². The summed E-state index contributed by atoms with van der Waals surface area (Å²) < 4.78 is 35.4. The molecule has 1 amide bonds. The van der Waals surface area contributed by atoms with Crippen LogP contribution in [0, 0.1) is 0 Å². The summed E-state index contributed by atoms with van der Waals surface area (Å²) in [5.74, 6) is -0.363. The van der Waals surface area contributed by atoms with Crippen molar-refractivity contribution < 1.29 is 18.0 Å². The van der Waals surface area contributed by atoms with E-state index in [-0.39, 0.29) is 30.0 Å². The second-order valence-corrected chi connectivity index (χ2v) is 5.07. The van der Waals surface area contributed by atoms with E-state index in [4.69, 9.17) is 0 Å². The van der Waals surface area contributed by atoms with E-state index in [2.05, 4.69) is 10.6 Å². The summed E-state index contributed by atoms with van der Waals surface area (Å²) in [5, 5.41) is 5.56. The molecule has 2 N–H and O–H groups in total. The third-order valence-corrected chi connectivity index (χ3v) is 3.26. The molecule has 0 saturated carbocycles. The predicted molar refractivity (Wildman–Crippen MR) is 57.2 cm³/mol. The first kappa shape index (κ1) is 13.6. The van der Waals surface area contributed by atoms with E-state index < -0.39 is 11.0 Å². The van der Waals surface area contributed by atoms with Gasteiger partial charge in [-0.25, -0.2) is 0 Å². The molecule has 16 heavy (non-hydrogen) atoms. The second-order valence-electron chi connectivity index (χ2n) is 3.91. The number of alkyl halides is 3. The fourth-order valence-corrected chi connectivity index (χ4v) is 2.05. The minimum absolute atomic E-state index is 0.0419. The normalized spacial score (nSPS) is 25.8. The van der Waals surface area contributed by atoms with Crippen LogP contribution >= 0.6 is 11.8 Å². The minimum atomic E-state index is -4.22. The Balaban J connectivity index is 2.20. The minimum Gasteiger partial charge on any atom is -0.354 e. The molecule has 0 aliphatic carbocycles. The molecule has 1 aliphatic heterocycles. The Hall–Kier alpha value is -0.430. The van der Waals surface area contributed by atoms with Crippen LogP contribution in [0.2, 0.25) is 0 Å². The number of carbonyl (C=O) groups excluding carboxylic acids is 1. The third-order valence-electron chi connectivity index (χ3n) is 2.52. The molecular weight excluding hydrogens is 241 g/mol. The summed E-state index contributed by atoms with van der Waals surface area (Å²) in [6, 6.07) is 0. The van der Waals surface area contributed by atoms with E-state index in [1.807, 2.05) is 0 Å². The van der Waals surface area contributed by atoms with Crippen molar-refractivity contribution in [2.75, 3.05) is 18.8 Å². The van der Waals surface area contributed by atoms with Gasteiger partial charge in [0.25, 0.3) is 0 Å². The van der Waals surface area contributed by atoms with Crippen molar-refractivity contribution in [3.05, 3.63) is 0 Å². The molecule has 3 nitrogen and oxygen atoms in total. The lowest BCUT2D eigenvalue weighted by Crippen LogP contribution is -2.51. The van der Waals surface area contributed by atoms with Gasteiger partial charge >= 0.3 is 5.51 Å². The standard InChI is InChI=1S/C9H15F3N2OS/c1-8(3-2-4-14-8)7(15)13-5-6-16-9(10,11)12/h14H,2-6H2,1H3,(H,13,15). The summed E-state index contributed by atoms with van der Waals surface area (Å²) in [7, 11) is 0. The van der Waals surface area contributed by atoms with Crippen LogP contribution in [0.25, 0.3) is 0 Å². The number of hydrogen-bond acceptors (Lipinski definition) is 3. The molecular formula is C9H15F3N2OS. The zero-order valence-electron chi connectivity index (χ0n) is 8.99. The van der Waals surface area contributed by atoms with Crippen molar-refractivity contribution in [1.82, 2.24) is 10.6 Å². The quantitative estimate of drug-likeness (QED) is 0.749. The zero-order valence-corrected chi connectivity index (χ0v) is 9.80. The first-order valence-corrected chi connectivity index (χ1v) is 6.06. The number of nitrogens with one attached hydrogen (secondary N) is 2. The van der Waals surface area contributed by atoms with Gasteiger partial charge < -0.3 is 10.6 Å². The Kier molecular flexibility index (Phi) is 4.49. The highest BCUT2D eigenvalue weighted by Crippen LogP contribution is 2.29. The van der Waals surface area contributed by atoms with E-state index in [0.29, 0.717) is 0 Å². The first-order valence-electron chi connectivity index (χ1n) is 5.07. The van der Waals surface area contributed by atoms with E-state index in [9.17, 15) is 18.0 Å². The Morgan fingerprint density at radius 2 is 2.25 bits per heavy atom. The highest BCUT2D eigenvalue weighted by molar-refractivity contribution is 8.00. The molecule has 0 bridgehead atoms. The van der Waals surface area contributed by atoms with Gasteiger partial charge in [-0.3, -0.25) is 4.79 Å². The number of carbonyl (C=O) groups is 1. The molecule has 1 rings (SSSR count). The summed E-state index contributed by atoms with van der Waals surface area (Å²) in [6.45, 7) is 2.59. The molecule has 0 aromatic rings. The highest BCUT2D eigenvalue weighted by atomic mass is 32.2. The van der Waals surface area contributed by atoms with Crippen molar-refractivity contribution in [2.24, 2.45) is 0 Å². The predicted octanol–water partition coefficient (Wildman–Crippen LogP) is 1.50. The average molecular weight is 256 g/mol. The lowest BCUT2D eigenvalue weighted by Gasteiger charge is -2.22. The van der Waals surface area contributed by atoms with Gasteiger partial charge in [-0.1, -0.05) is 0 Å². The summed E-state index contributed by atoms with van der Waals surface area (Å²) >= 11 is -0.118. The summed E-state index contributed by atoms with van der Waals surface area (Å²) in [4.78, 5) is 11.6. The molecule has 1 aliphatic rings. The lowest BCUT2D eigenvalue weighted by atomic mass is 9.99. The van der Waals surface area contributed by atoms with Crippen LogP contribution in [0.15, 0.2) is 0 Å². The van der Waals surface area contributed by atoms with Crippen molar-refractivity contribution >= 4 is 17.7 Å². The smallest absolute Gasteiger partial charge is 0.354 e. The number of amides is 1. The number of halogens is 3. The topological polar surface area (TPSA) is 41.1 Å². The molecule has 0 radical (unpaired) electrons. The van der Waals surface area contributed by atoms with Crippen LogP contribution in [0.4, 0.5) is 13.2 Å². The van der Waals surface area contributed by atoms with Gasteiger partial charge in [0.1, 0.15) is 0 Å². The van der Waals surface area contributed by atoms with Crippen LogP contribution in [-0.4, -0.2) is 35.8 Å². The monoisotopic (exact) mass is 256 g/mol. The molecule has 0 aromatic heterocycles. The Labute approximate surface area is 96.5 Å². The molecule has 1 heterocycles. The highest BCUT2D eigenvalue weighted by Gasteiger charge is 2.35. The van der Waals surface area contributed by atoms with Crippen LogP contribution in [0.5, 0.6) is 0 Å². The summed E-state index contributed by atoms with van der Waals surface area (Å²) in [5.41, 5.74) is -4.83. The summed E-state index contributed by atoms with van der Waals surface area (Å²) in [6.07, 6.45) is 1.65. The van der Waals surface area contributed by atoms with Crippen LogP contribution in [0.1, 0.15) is 19.8 Å². The van der Waals surface area contributed by atoms with Crippen molar-refractivity contribution in [3.63, 3.8) is 0 Å². The third kappa shape index (κ3) is 4.21. The molecule has 1 saturated heterocycles. The Morgan fingerprint density at radius 3 is 2.75 bits per heavy atom. The molecule has 7 heteroatoms. The van der Waals surface area contributed by atoms with Crippen molar-refractivity contribution in [1.29, 1.82) is 0 Å². The van der Waals surface area contributed by atoms with Crippen LogP contribution in [0.3, 0.4) is 0 Å². The van der Waals surface area contributed by atoms with Gasteiger partial charge in [0.2, 0.25) is 5.91 Å². The number of thioether (sulfide) groups is 1. The number of hydrogen-bond donors (Lipinski definition) is 2. The first-order chi connectivity index (χ1) is 7.33. The maximum absolute atomic E-state index is 11.8. The van der Waals surface area contributed by atoms with E-state index in [1.54, 1.807) is 6.92 Å². The largest absolute Gasteiger partial charge is 0.441 e. The Morgan fingerprint density at radius 1 is 1.56 bits per heavy atom. The molecule has 1 atom stereocenters. The number of rotatable bonds is 4.